The molecule has 1 heterocycles. The van der Waals surface area contributed by atoms with Gasteiger partial charge in [0, 0.05) is 19.7 Å². The average molecular weight is 536 g/mol. The molecule has 0 atom stereocenters. The quantitative estimate of drug-likeness (QED) is 0.571. The lowest BCUT2D eigenvalue weighted by Gasteiger charge is -2.31. The van der Waals surface area contributed by atoms with Crippen molar-refractivity contribution in [2.24, 2.45) is 0 Å². The molecule has 0 fully saturated rings. The van der Waals surface area contributed by atoms with Crippen LogP contribution in [-0.4, -0.2) is 52.4 Å². The number of nitrogens with one attached hydrogen (secondary N) is 2. The van der Waals surface area contributed by atoms with Crippen molar-refractivity contribution in [1.82, 2.24) is 5.32 Å². The van der Waals surface area contributed by atoms with E-state index in [1.54, 1.807) is 7.05 Å². The molecule has 2 N–H and O–H groups in total. The second kappa shape index (κ2) is 11.0. The molecule has 0 radical (unpaired) electrons. The molecule has 0 unspecified atom stereocenters. The molecule has 1 aliphatic heterocycles. The molecule has 0 spiro atoms. The van der Waals surface area contributed by atoms with Gasteiger partial charge in [0.25, 0.3) is 10.0 Å². The summed E-state index contributed by atoms with van der Waals surface area (Å²) >= 11 is 0. The van der Waals surface area contributed by atoms with Crippen LogP contribution in [0.15, 0.2) is 47.4 Å². The van der Waals surface area contributed by atoms with Gasteiger partial charge in [0.1, 0.15) is 18.2 Å². The zero-order valence-corrected chi connectivity index (χ0v) is 20.6. The number of benzene rings is 2. The van der Waals surface area contributed by atoms with Gasteiger partial charge in [-0.25, -0.2) is 17.6 Å². The summed E-state index contributed by atoms with van der Waals surface area (Å²) < 4.78 is 88.8. The number of rotatable bonds is 4. The molecule has 0 saturated carbocycles. The van der Waals surface area contributed by atoms with E-state index in [0.29, 0.717) is 13.8 Å². The number of fused-ring (bicyclic) bond motifs is 1. The van der Waals surface area contributed by atoms with Crippen LogP contribution in [0.2, 0.25) is 0 Å². The number of alkyl halides is 3. The summed E-state index contributed by atoms with van der Waals surface area (Å²) in [7, 11) is -2.49. The van der Waals surface area contributed by atoms with E-state index in [2.05, 4.69) is 15.4 Å². The molecule has 2 aromatic carbocycles. The Hall–Kier alpha value is -3.55. The fourth-order valence-corrected chi connectivity index (χ4v) is 4.14. The molecule has 2 aromatic rings. The Morgan fingerprint density at radius 3 is 2.19 bits per heavy atom. The fourth-order valence-electron chi connectivity index (χ4n) is 2.69. The Labute approximate surface area is 205 Å². The number of carbonyl (C=O) groups excluding carboxylic acids is 2. The van der Waals surface area contributed by atoms with Crippen molar-refractivity contribution in [3.63, 3.8) is 0 Å². The minimum absolute atomic E-state index is 0.00463. The number of hydrogen-bond donors (Lipinski definition) is 2. The monoisotopic (exact) mass is 535 g/mol. The summed E-state index contributed by atoms with van der Waals surface area (Å²) in [5, 5.41) is 4.54. The highest BCUT2D eigenvalue weighted by Crippen LogP contribution is 2.38. The second-order valence-electron chi connectivity index (χ2n) is 7.89. The zero-order valence-electron chi connectivity index (χ0n) is 19.8. The van der Waals surface area contributed by atoms with Crippen LogP contribution in [0.1, 0.15) is 20.8 Å². The summed E-state index contributed by atoms with van der Waals surface area (Å²) in [5.74, 6) is -0.412. The van der Waals surface area contributed by atoms with Gasteiger partial charge in [0.2, 0.25) is 11.5 Å². The molecule has 14 heteroatoms. The number of nitrogens with zero attached hydrogens (tertiary/aromatic N) is 1. The Balaban J connectivity index is 0.000000830. The average Bonchev–Trinajstić information content (AvgIpc) is 2.78. The lowest BCUT2D eigenvalue weighted by atomic mass is 10.1. The van der Waals surface area contributed by atoms with Crippen molar-refractivity contribution in [3.8, 4) is 5.75 Å². The number of sulfonamides is 1. The Kier molecular flexibility index (Phi) is 8.78. The number of hydrogen-bond acceptors (Lipinski definition) is 6. The van der Waals surface area contributed by atoms with Crippen molar-refractivity contribution in [2.45, 2.75) is 37.4 Å². The first kappa shape index (κ1) is 28.7. The molecule has 36 heavy (non-hydrogen) atoms. The third-order valence-electron chi connectivity index (χ3n) is 4.81. The third-order valence-corrected chi connectivity index (χ3v) is 6.64. The van der Waals surface area contributed by atoms with E-state index >= 15 is 0 Å². The van der Waals surface area contributed by atoms with E-state index in [-0.39, 0.29) is 41.1 Å². The molecular weight excluding hydrogens is 510 g/mol. The number of halogens is 4. The van der Waals surface area contributed by atoms with Gasteiger partial charge in [0.15, 0.2) is 0 Å². The smallest absolute Gasteiger partial charge is 0.427 e. The van der Waals surface area contributed by atoms with E-state index in [4.69, 9.17) is 4.74 Å². The number of amides is 2. The summed E-state index contributed by atoms with van der Waals surface area (Å²) in [6, 6.07) is 8.16. The second-order valence-corrected chi connectivity index (χ2v) is 9.75. The summed E-state index contributed by atoms with van der Waals surface area (Å²) in [4.78, 5) is 21.5. The first-order valence-electron chi connectivity index (χ1n) is 10.4. The van der Waals surface area contributed by atoms with Gasteiger partial charge in [-0.2, -0.15) is 13.2 Å². The van der Waals surface area contributed by atoms with Crippen LogP contribution in [0.4, 0.5) is 33.7 Å². The van der Waals surface area contributed by atoms with Gasteiger partial charge >= 0.3 is 12.3 Å². The van der Waals surface area contributed by atoms with Crippen molar-refractivity contribution in [1.29, 1.82) is 0 Å². The first-order valence-corrected chi connectivity index (χ1v) is 11.8. The lowest BCUT2D eigenvalue weighted by Crippen LogP contribution is -2.44. The predicted molar refractivity (Wildman–Crippen MR) is 123 cm³/mol. The standard InChI is InChI=1S/C19H18F4N2O5S.C3H7NO/c1-18(2,19(21,22)23)30-17(26)24-13-5-8-16-15(11-13)25(9-10-29-16)31(27,28)14-6-3-12(20)4-7-14;1-3(5)4-2/h3-8,11H,9-10H2,1-2H3,(H,24,26);1-2H3,(H,4,5). The molecular formula is C22H25F4N3O6S. The van der Waals surface area contributed by atoms with Gasteiger partial charge in [-0.15, -0.1) is 0 Å². The van der Waals surface area contributed by atoms with Crippen LogP contribution in [0.3, 0.4) is 0 Å². The van der Waals surface area contributed by atoms with Crippen molar-refractivity contribution in [2.75, 3.05) is 29.8 Å². The van der Waals surface area contributed by atoms with E-state index in [1.165, 1.54) is 25.1 Å². The van der Waals surface area contributed by atoms with E-state index < -0.39 is 33.7 Å². The van der Waals surface area contributed by atoms with Crippen molar-refractivity contribution < 1.29 is 45.0 Å². The maximum atomic E-state index is 13.2. The van der Waals surface area contributed by atoms with Crippen LogP contribution in [-0.2, 0) is 19.6 Å². The summed E-state index contributed by atoms with van der Waals surface area (Å²) in [5.41, 5.74) is -2.68. The predicted octanol–water partition coefficient (Wildman–Crippen LogP) is 4.06. The van der Waals surface area contributed by atoms with Crippen LogP contribution in [0.25, 0.3) is 0 Å². The number of ether oxygens (including phenoxy) is 2. The molecule has 0 saturated heterocycles. The zero-order chi connectivity index (χ0) is 27.3. The highest BCUT2D eigenvalue weighted by molar-refractivity contribution is 7.92. The summed E-state index contributed by atoms with van der Waals surface area (Å²) in [6.07, 6.45) is -6.15. The topological polar surface area (TPSA) is 114 Å². The molecule has 0 aromatic heterocycles. The normalized spacial score (nSPS) is 13.4. The number of carbonyl (C=O) groups is 2. The molecule has 0 aliphatic carbocycles. The van der Waals surface area contributed by atoms with E-state index in [9.17, 15) is 35.6 Å². The fraction of sp³-hybridized carbons (Fsp3) is 0.364. The van der Waals surface area contributed by atoms with Crippen molar-refractivity contribution in [3.05, 3.63) is 48.3 Å². The van der Waals surface area contributed by atoms with Crippen LogP contribution in [0, 0.1) is 5.82 Å². The molecule has 1 aliphatic rings. The molecule has 0 bridgehead atoms. The molecule has 198 valence electrons. The molecule has 2 amide bonds. The van der Waals surface area contributed by atoms with Gasteiger partial charge in [-0.3, -0.25) is 14.4 Å². The first-order chi connectivity index (χ1) is 16.6. The van der Waals surface area contributed by atoms with Gasteiger partial charge < -0.3 is 14.8 Å². The van der Waals surface area contributed by atoms with Gasteiger partial charge in [-0.05, 0) is 56.3 Å². The number of anilines is 2. The molecule has 3 rings (SSSR count). The lowest BCUT2D eigenvalue weighted by molar-refractivity contribution is -0.242. The Morgan fingerprint density at radius 2 is 1.67 bits per heavy atom. The summed E-state index contributed by atoms with van der Waals surface area (Å²) in [6.45, 7) is 2.85. The maximum absolute atomic E-state index is 13.2. The largest absolute Gasteiger partial charge is 0.489 e. The Bertz CT molecular complexity index is 1200. The minimum Gasteiger partial charge on any atom is -0.489 e. The van der Waals surface area contributed by atoms with Gasteiger partial charge in [0.05, 0.1) is 17.1 Å². The van der Waals surface area contributed by atoms with Crippen LogP contribution >= 0.6 is 0 Å². The third kappa shape index (κ3) is 6.99. The minimum atomic E-state index is -4.78. The highest BCUT2D eigenvalue weighted by atomic mass is 32.2. The SMILES string of the molecule is CC(C)(OC(=O)Nc1ccc2c(c1)N(S(=O)(=O)c1ccc(F)cc1)CCO2)C(F)(F)F.CNC(C)=O. The van der Waals surface area contributed by atoms with Gasteiger partial charge in [-0.1, -0.05) is 0 Å². The van der Waals surface area contributed by atoms with E-state index in [1.807, 2.05) is 0 Å². The van der Waals surface area contributed by atoms with E-state index in [0.717, 1.165) is 28.6 Å². The molecule has 9 nitrogen and oxygen atoms in total. The maximum Gasteiger partial charge on any atom is 0.427 e. The Morgan fingerprint density at radius 1 is 1.08 bits per heavy atom. The highest BCUT2D eigenvalue weighted by Gasteiger charge is 2.51. The van der Waals surface area contributed by atoms with Crippen molar-refractivity contribution >= 4 is 33.4 Å². The van der Waals surface area contributed by atoms with Crippen LogP contribution in [0.5, 0.6) is 5.75 Å². The van der Waals surface area contributed by atoms with Crippen LogP contribution < -0.4 is 19.7 Å².